The van der Waals surface area contributed by atoms with Crippen LogP contribution in [-0.4, -0.2) is 18.5 Å². The van der Waals surface area contributed by atoms with Crippen molar-refractivity contribution in [2.75, 3.05) is 6.54 Å². The monoisotopic (exact) mass is 262 g/mol. The summed E-state index contributed by atoms with van der Waals surface area (Å²) < 4.78 is 0. The SMILES string of the molecule is CC(N)CCCC(C)C(=O)NCCc1ccccc1. The average Bonchev–Trinajstić information content (AvgIpc) is 2.39. The number of benzene rings is 1. The van der Waals surface area contributed by atoms with Gasteiger partial charge in [0.2, 0.25) is 5.91 Å². The Bertz CT molecular complexity index is 362. The molecule has 3 nitrogen and oxygen atoms in total. The Balaban J connectivity index is 2.16. The first kappa shape index (κ1) is 15.7. The highest BCUT2D eigenvalue weighted by Crippen LogP contribution is 2.09. The van der Waals surface area contributed by atoms with Gasteiger partial charge in [-0.05, 0) is 31.7 Å². The molecule has 0 aromatic heterocycles. The summed E-state index contributed by atoms with van der Waals surface area (Å²) in [6, 6.07) is 10.4. The highest BCUT2D eigenvalue weighted by molar-refractivity contribution is 5.78. The molecule has 1 rings (SSSR count). The molecule has 0 aliphatic carbocycles. The molecule has 19 heavy (non-hydrogen) atoms. The minimum Gasteiger partial charge on any atom is -0.356 e. The zero-order chi connectivity index (χ0) is 14.1. The van der Waals surface area contributed by atoms with Crippen LogP contribution in [0.3, 0.4) is 0 Å². The Morgan fingerprint density at radius 3 is 2.53 bits per heavy atom. The molecule has 2 atom stereocenters. The van der Waals surface area contributed by atoms with Crippen LogP contribution in [-0.2, 0) is 11.2 Å². The molecule has 0 saturated carbocycles. The van der Waals surface area contributed by atoms with Crippen molar-refractivity contribution in [1.82, 2.24) is 5.32 Å². The third kappa shape index (κ3) is 6.97. The van der Waals surface area contributed by atoms with E-state index in [9.17, 15) is 4.79 Å². The lowest BCUT2D eigenvalue weighted by Gasteiger charge is -2.13. The Morgan fingerprint density at radius 2 is 1.89 bits per heavy atom. The van der Waals surface area contributed by atoms with Gasteiger partial charge in [0.25, 0.3) is 0 Å². The van der Waals surface area contributed by atoms with Crippen LogP contribution >= 0.6 is 0 Å². The number of hydrogen-bond acceptors (Lipinski definition) is 2. The number of nitrogens with two attached hydrogens (primary N) is 1. The first-order valence-electron chi connectivity index (χ1n) is 7.17. The van der Waals surface area contributed by atoms with Crippen molar-refractivity contribution in [2.24, 2.45) is 11.7 Å². The van der Waals surface area contributed by atoms with E-state index in [1.54, 1.807) is 0 Å². The lowest BCUT2D eigenvalue weighted by atomic mass is 10.0. The Morgan fingerprint density at radius 1 is 1.21 bits per heavy atom. The van der Waals surface area contributed by atoms with Crippen LogP contribution in [0.1, 0.15) is 38.7 Å². The van der Waals surface area contributed by atoms with Crippen molar-refractivity contribution in [3.8, 4) is 0 Å². The fourth-order valence-corrected chi connectivity index (χ4v) is 2.03. The van der Waals surface area contributed by atoms with Gasteiger partial charge in [-0.15, -0.1) is 0 Å². The van der Waals surface area contributed by atoms with Gasteiger partial charge in [0, 0.05) is 18.5 Å². The average molecular weight is 262 g/mol. The summed E-state index contributed by atoms with van der Waals surface area (Å²) in [6.07, 6.45) is 3.81. The van der Waals surface area contributed by atoms with Crippen LogP contribution in [0.5, 0.6) is 0 Å². The molecule has 0 heterocycles. The fraction of sp³-hybridized carbons (Fsp3) is 0.562. The highest BCUT2D eigenvalue weighted by atomic mass is 16.1. The van der Waals surface area contributed by atoms with Crippen molar-refractivity contribution in [1.29, 1.82) is 0 Å². The second-order valence-electron chi connectivity index (χ2n) is 5.34. The maximum absolute atomic E-state index is 11.9. The topological polar surface area (TPSA) is 55.1 Å². The summed E-state index contributed by atoms with van der Waals surface area (Å²) in [7, 11) is 0. The van der Waals surface area contributed by atoms with Crippen LogP contribution in [0.15, 0.2) is 30.3 Å². The Labute approximate surface area is 116 Å². The molecule has 0 fully saturated rings. The van der Waals surface area contributed by atoms with Crippen molar-refractivity contribution in [2.45, 2.75) is 45.6 Å². The van der Waals surface area contributed by atoms with E-state index in [2.05, 4.69) is 17.4 Å². The minimum atomic E-state index is 0.0783. The van der Waals surface area contributed by atoms with Gasteiger partial charge in [-0.25, -0.2) is 0 Å². The fourth-order valence-electron chi connectivity index (χ4n) is 2.03. The summed E-state index contributed by atoms with van der Waals surface area (Å²) in [5.74, 6) is 0.232. The van der Waals surface area contributed by atoms with Crippen LogP contribution in [0.4, 0.5) is 0 Å². The predicted octanol–water partition coefficient (Wildman–Crippen LogP) is 2.50. The number of hydrogen-bond donors (Lipinski definition) is 2. The summed E-state index contributed by atoms with van der Waals surface area (Å²) in [5.41, 5.74) is 6.96. The number of carbonyl (C=O) groups is 1. The molecular formula is C16H26N2O. The zero-order valence-electron chi connectivity index (χ0n) is 12.1. The summed E-state index contributed by atoms with van der Waals surface area (Å²) >= 11 is 0. The lowest BCUT2D eigenvalue weighted by Crippen LogP contribution is -2.31. The molecule has 0 bridgehead atoms. The van der Waals surface area contributed by atoms with E-state index >= 15 is 0 Å². The predicted molar refractivity (Wildman–Crippen MR) is 79.8 cm³/mol. The first-order chi connectivity index (χ1) is 9.09. The molecule has 1 aromatic carbocycles. The normalized spacial score (nSPS) is 13.8. The smallest absolute Gasteiger partial charge is 0.222 e. The molecule has 3 heteroatoms. The molecule has 0 radical (unpaired) electrons. The number of nitrogens with one attached hydrogen (secondary N) is 1. The quantitative estimate of drug-likeness (QED) is 0.756. The zero-order valence-corrected chi connectivity index (χ0v) is 12.1. The largest absolute Gasteiger partial charge is 0.356 e. The standard InChI is InChI=1S/C16H26N2O/c1-13(7-6-8-14(2)17)16(19)18-12-11-15-9-4-3-5-10-15/h3-5,9-10,13-14H,6-8,11-12,17H2,1-2H3,(H,18,19). The number of rotatable bonds is 8. The van der Waals surface area contributed by atoms with Gasteiger partial charge in [-0.3, -0.25) is 4.79 Å². The maximum atomic E-state index is 11.9. The number of carbonyl (C=O) groups excluding carboxylic acids is 1. The molecule has 1 amide bonds. The third-order valence-electron chi connectivity index (χ3n) is 3.30. The van der Waals surface area contributed by atoms with Gasteiger partial charge in [0.15, 0.2) is 0 Å². The van der Waals surface area contributed by atoms with E-state index < -0.39 is 0 Å². The molecular weight excluding hydrogens is 236 g/mol. The van der Waals surface area contributed by atoms with Gasteiger partial charge in [0.05, 0.1) is 0 Å². The van der Waals surface area contributed by atoms with Gasteiger partial charge in [-0.1, -0.05) is 43.7 Å². The first-order valence-corrected chi connectivity index (χ1v) is 7.17. The highest BCUT2D eigenvalue weighted by Gasteiger charge is 2.11. The van der Waals surface area contributed by atoms with Crippen LogP contribution in [0.2, 0.25) is 0 Å². The second kappa shape index (κ2) is 8.70. The maximum Gasteiger partial charge on any atom is 0.222 e. The van der Waals surface area contributed by atoms with Gasteiger partial charge in [0.1, 0.15) is 0 Å². The van der Waals surface area contributed by atoms with Gasteiger partial charge in [-0.2, -0.15) is 0 Å². The van der Waals surface area contributed by atoms with Crippen molar-refractivity contribution >= 4 is 5.91 Å². The van der Waals surface area contributed by atoms with Gasteiger partial charge >= 0.3 is 0 Å². The minimum absolute atomic E-state index is 0.0783. The molecule has 106 valence electrons. The summed E-state index contributed by atoms with van der Waals surface area (Å²) in [4.78, 5) is 11.9. The molecule has 0 aliphatic rings. The Kier molecular flexibility index (Phi) is 7.19. The molecule has 2 unspecified atom stereocenters. The molecule has 0 saturated heterocycles. The van der Waals surface area contributed by atoms with E-state index in [0.717, 1.165) is 25.7 Å². The molecule has 0 spiro atoms. The molecule has 3 N–H and O–H groups in total. The van der Waals surface area contributed by atoms with Crippen LogP contribution in [0.25, 0.3) is 0 Å². The van der Waals surface area contributed by atoms with Crippen LogP contribution < -0.4 is 11.1 Å². The Hall–Kier alpha value is -1.35. The molecule has 0 aliphatic heterocycles. The van der Waals surface area contributed by atoms with E-state index in [1.165, 1.54) is 5.56 Å². The molecule has 1 aromatic rings. The lowest BCUT2D eigenvalue weighted by molar-refractivity contribution is -0.124. The van der Waals surface area contributed by atoms with E-state index in [-0.39, 0.29) is 17.9 Å². The van der Waals surface area contributed by atoms with Crippen LogP contribution in [0, 0.1) is 5.92 Å². The van der Waals surface area contributed by atoms with E-state index in [4.69, 9.17) is 5.73 Å². The summed E-state index contributed by atoms with van der Waals surface area (Å²) in [5, 5.41) is 3.00. The van der Waals surface area contributed by atoms with Crippen molar-refractivity contribution < 1.29 is 4.79 Å². The van der Waals surface area contributed by atoms with Crippen molar-refractivity contribution in [3.63, 3.8) is 0 Å². The van der Waals surface area contributed by atoms with Gasteiger partial charge < -0.3 is 11.1 Å². The summed E-state index contributed by atoms with van der Waals surface area (Å²) in [6.45, 7) is 4.70. The third-order valence-corrected chi connectivity index (χ3v) is 3.30. The number of amides is 1. The van der Waals surface area contributed by atoms with Crippen molar-refractivity contribution in [3.05, 3.63) is 35.9 Å². The van der Waals surface area contributed by atoms with E-state index in [0.29, 0.717) is 6.54 Å². The second-order valence-corrected chi connectivity index (χ2v) is 5.34. The van der Waals surface area contributed by atoms with E-state index in [1.807, 2.05) is 32.0 Å².